The van der Waals surface area contributed by atoms with Crippen LogP contribution in [0, 0.1) is 41.4 Å². The molecule has 25 heavy (non-hydrogen) atoms. The van der Waals surface area contributed by atoms with Crippen molar-refractivity contribution < 1.29 is 9.84 Å². The number of fused-ring (bicyclic) bond motifs is 5. The van der Waals surface area contributed by atoms with Gasteiger partial charge in [-0.05, 0) is 87.7 Å². The molecule has 0 saturated heterocycles. The second-order valence-corrected chi connectivity index (χ2v) is 9.30. The molecule has 0 amide bonds. The van der Waals surface area contributed by atoms with Gasteiger partial charge < -0.3 is 9.84 Å². The van der Waals surface area contributed by atoms with Gasteiger partial charge in [0.25, 0.3) is 0 Å². The van der Waals surface area contributed by atoms with E-state index in [1.807, 2.05) is 0 Å². The first-order valence-electron chi connectivity index (χ1n) is 10.2. The van der Waals surface area contributed by atoms with Crippen LogP contribution in [0.15, 0.2) is 23.5 Å². The topological polar surface area (TPSA) is 29.5 Å². The third-order valence-corrected chi connectivity index (χ3v) is 7.87. The fourth-order valence-corrected chi connectivity index (χ4v) is 6.58. The Hall–Kier alpha value is -1.20. The van der Waals surface area contributed by atoms with Crippen molar-refractivity contribution in [2.45, 2.75) is 77.4 Å². The minimum atomic E-state index is -0.891. The summed E-state index contributed by atoms with van der Waals surface area (Å²) < 4.78 is 5.97. The molecule has 2 nitrogen and oxygen atoms in total. The lowest BCUT2D eigenvalue weighted by Crippen LogP contribution is -2.51. The normalized spacial score (nSPS) is 45.6. The average Bonchev–Trinajstić information content (AvgIpc) is 2.86. The largest absolute Gasteiger partial charge is 0.495 e. The summed E-state index contributed by atoms with van der Waals surface area (Å²) in [5.74, 6) is 6.64. The SMILES string of the molecule is C#C[C@]1(O)CC[C@H]2[C@@H]3CC=C4C=C(OC(C)C)CC[C@@H]4[C@H]3CC[C@@]21C. The molecule has 4 aliphatic carbocycles. The predicted molar refractivity (Wildman–Crippen MR) is 101 cm³/mol. The van der Waals surface area contributed by atoms with Crippen molar-refractivity contribution in [1.29, 1.82) is 0 Å². The van der Waals surface area contributed by atoms with E-state index in [-0.39, 0.29) is 11.5 Å². The number of ether oxygens (including phenoxy) is 1. The smallest absolute Gasteiger partial charge is 0.130 e. The molecule has 2 heteroatoms. The van der Waals surface area contributed by atoms with Crippen molar-refractivity contribution in [1.82, 2.24) is 0 Å². The molecule has 4 rings (SSSR count). The zero-order valence-electron chi connectivity index (χ0n) is 15.9. The molecule has 0 aromatic rings. The highest BCUT2D eigenvalue weighted by atomic mass is 16.5. The average molecular weight is 341 g/mol. The molecule has 2 fully saturated rings. The van der Waals surface area contributed by atoms with Gasteiger partial charge in [0, 0.05) is 11.8 Å². The van der Waals surface area contributed by atoms with Gasteiger partial charge in [-0.3, -0.25) is 0 Å². The summed E-state index contributed by atoms with van der Waals surface area (Å²) in [6.07, 6.45) is 18.4. The predicted octanol–water partition coefficient (Wildman–Crippen LogP) is 4.84. The highest BCUT2D eigenvalue weighted by Crippen LogP contribution is 2.64. The van der Waals surface area contributed by atoms with E-state index in [9.17, 15) is 5.11 Å². The van der Waals surface area contributed by atoms with E-state index < -0.39 is 5.60 Å². The Morgan fingerprint density at radius 2 is 2.04 bits per heavy atom. The molecule has 0 bridgehead atoms. The lowest BCUT2D eigenvalue weighted by atomic mass is 9.51. The van der Waals surface area contributed by atoms with Crippen LogP contribution in [0.5, 0.6) is 0 Å². The van der Waals surface area contributed by atoms with Crippen LogP contribution in [-0.4, -0.2) is 16.8 Å². The van der Waals surface area contributed by atoms with Gasteiger partial charge in [-0.25, -0.2) is 0 Å². The zero-order valence-corrected chi connectivity index (χ0v) is 15.9. The van der Waals surface area contributed by atoms with E-state index >= 15 is 0 Å². The number of hydrogen-bond acceptors (Lipinski definition) is 2. The van der Waals surface area contributed by atoms with E-state index in [1.165, 1.54) is 24.2 Å². The fourth-order valence-electron chi connectivity index (χ4n) is 6.58. The molecular formula is C23H32O2. The third-order valence-electron chi connectivity index (χ3n) is 7.87. The summed E-state index contributed by atoms with van der Waals surface area (Å²) in [6, 6.07) is 0. The minimum Gasteiger partial charge on any atom is -0.495 e. The van der Waals surface area contributed by atoms with Crippen molar-refractivity contribution in [2.24, 2.45) is 29.1 Å². The first-order chi connectivity index (χ1) is 11.9. The van der Waals surface area contributed by atoms with E-state index in [2.05, 4.69) is 38.8 Å². The van der Waals surface area contributed by atoms with Crippen molar-refractivity contribution >= 4 is 0 Å². The monoisotopic (exact) mass is 340 g/mol. The number of aliphatic hydroxyl groups is 1. The Kier molecular flexibility index (Phi) is 4.08. The first-order valence-corrected chi connectivity index (χ1v) is 10.2. The maximum Gasteiger partial charge on any atom is 0.130 e. The van der Waals surface area contributed by atoms with Crippen LogP contribution in [-0.2, 0) is 4.74 Å². The maximum absolute atomic E-state index is 11.0. The zero-order chi connectivity index (χ0) is 17.8. The number of allylic oxidation sites excluding steroid dienone is 4. The molecule has 0 unspecified atom stereocenters. The van der Waals surface area contributed by atoms with Crippen LogP contribution >= 0.6 is 0 Å². The summed E-state index contributed by atoms with van der Waals surface area (Å²) in [6.45, 7) is 6.47. The van der Waals surface area contributed by atoms with Crippen LogP contribution in [0.25, 0.3) is 0 Å². The molecule has 0 radical (unpaired) electrons. The highest BCUT2D eigenvalue weighted by Gasteiger charge is 2.61. The van der Waals surface area contributed by atoms with Crippen LogP contribution in [0.1, 0.15) is 65.7 Å². The van der Waals surface area contributed by atoms with Gasteiger partial charge in [0.2, 0.25) is 0 Å². The van der Waals surface area contributed by atoms with Crippen LogP contribution in [0.3, 0.4) is 0 Å². The quantitative estimate of drug-likeness (QED) is 0.729. The Bertz CT molecular complexity index is 651. The van der Waals surface area contributed by atoms with Gasteiger partial charge in [0.1, 0.15) is 5.60 Å². The molecule has 4 aliphatic rings. The van der Waals surface area contributed by atoms with Crippen LogP contribution in [0.4, 0.5) is 0 Å². The van der Waals surface area contributed by atoms with Crippen molar-refractivity contribution in [3.8, 4) is 12.3 Å². The summed E-state index contributed by atoms with van der Waals surface area (Å²) in [5, 5.41) is 11.0. The first kappa shape index (κ1) is 17.2. The third kappa shape index (κ3) is 2.50. The van der Waals surface area contributed by atoms with Crippen LogP contribution < -0.4 is 0 Å². The number of terminal acetylenes is 1. The molecule has 0 heterocycles. The molecule has 0 spiro atoms. The van der Waals surface area contributed by atoms with Crippen LogP contribution in [0.2, 0.25) is 0 Å². The standard InChI is InChI=1S/C23H32O2/c1-5-23(24)13-11-21-20-8-6-16-14-17(25-15(2)3)7-9-18(16)19(20)10-12-22(21,23)4/h1,6,14-15,18-21,24H,7-13H2,2-4H3/t18-,19+,20+,21-,22-,23-/m0/s1. The Labute approximate surface area is 152 Å². The summed E-state index contributed by atoms with van der Waals surface area (Å²) in [4.78, 5) is 0. The Morgan fingerprint density at radius 1 is 1.24 bits per heavy atom. The molecule has 0 aromatic heterocycles. The lowest BCUT2D eigenvalue weighted by molar-refractivity contribution is -0.0805. The summed E-state index contributed by atoms with van der Waals surface area (Å²) in [7, 11) is 0. The number of rotatable bonds is 2. The summed E-state index contributed by atoms with van der Waals surface area (Å²) in [5.41, 5.74) is 0.527. The Balaban J connectivity index is 1.60. The second-order valence-electron chi connectivity index (χ2n) is 9.30. The van der Waals surface area contributed by atoms with Crippen molar-refractivity contribution in [3.05, 3.63) is 23.5 Å². The van der Waals surface area contributed by atoms with Gasteiger partial charge in [-0.2, -0.15) is 0 Å². The molecule has 6 atom stereocenters. The highest BCUT2D eigenvalue weighted by molar-refractivity contribution is 5.32. The van der Waals surface area contributed by atoms with E-state index in [1.54, 1.807) is 0 Å². The van der Waals surface area contributed by atoms with Gasteiger partial charge in [-0.15, -0.1) is 6.42 Å². The van der Waals surface area contributed by atoms with E-state index in [0.29, 0.717) is 17.8 Å². The fraction of sp³-hybridized carbons (Fsp3) is 0.739. The minimum absolute atomic E-state index is 0.0926. The number of hydrogen-bond donors (Lipinski definition) is 1. The molecule has 0 aliphatic heterocycles. The maximum atomic E-state index is 11.0. The van der Waals surface area contributed by atoms with Gasteiger partial charge in [-0.1, -0.05) is 18.9 Å². The molecule has 2 saturated carbocycles. The van der Waals surface area contributed by atoms with Gasteiger partial charge >= 0.3 is 0 Å². The van der Waals surface area contributed by atoms with Gasteiger partial charge in [0.05, 0.1) is 11.9 Å². The van der Waals surface area contributed by atoms with Crippen molar-refractivity contribution in [3.63, 3.8) is 0 Å². The molecular weight excluding hydrogens is 308 g/mol. The molecule has 136 valence electrons. The molecule has 0 aromatic carbocycles. The van der Waals surface area contributed by atoms with Gasteiger partial charge in [0.15, 0.2) is 0 Å². The van der Waals surface area contributed by atoms with E-state index in [0.717, 1.165) is 38.0 Å². The second kappa shape index (κ2) is 5.92. The lowest BCUT2D eigenvalue weighted by Gasteiger charge is -2.53. The molecule has 1 N–H and O–H groups in total. The van der Waals surface area contributed by atoms with E-state index in [4.69, 9.17) is 11.2 Å². The Morgan fingerprint density at radius 3 is 2.76 bits per heavy atom. The summed E-state index contributed by atoms with van der Waals surface area (Å²) >= 11 is 0. The van der Waals surface area contributed by atoms with Crippen molar-refractivity contribution in [2.75, 3.05) is 0 Å².